The van der Waals surface area contributed by atoms with Crippen LogP contribution < -0.4 is 10.9 Å². The van der Waals surface area contributed by atoms with Gasteiger partial charge in [-0.05, 0) is 44.5 Å². The van der Waals surface area contributed by atoms with Crippen molar-refractivity contribution in [1.29, 1.82) is 0 Å². The SMILES string of the molecule is Cc1c(NC(=O)C(C)N2CCCN(Cc3ccccc3)CC2)c(=O)n(-c2ccccc2)n1C. The standard InChI is InChI=1S/C26H33N5O2/c1-20-24(26(33)31(28(20)3)23-13-8-5-9-14-23)27-25(32)21(2)30-16-10-15-29(17-18-30)19-22-11-6-4-7-12-22/h4-9,11-14,21H,10,15-19H2,1-3H3,(H,27,32). The van der Waals surface area contributed by atoms with E-state index in [1.807, 2.05) is 57.3 Å². The Balaban J connectivity index is 1.42. The van der Waals surface area contributed by atoms with E-state index in [0.717, 1.165) is 50.5 Å². The monoisotopic (exact) mass is 447 g/mol. The number of rotatable bonds is 6. The average Bonchev–Trinajstić information content (AvgIpc) is 2.98. The molecule has 0 radical (unpaired) electrons. The van der Waals surface area contributed by atoms with Crippen molar-refractivity contribution in [2.45, 2.75) is 32.9 Å². The van der Waals surface area contributed by atoms with Gasteiger partial charge in [0, 0.05) is 33.2 Å². The van der Waals surface area contributed by atoms with Gasteiger partial charge in [0.25, 0.3) is 5.56 Å². The maximum atomic E-state index is 13.1. The average molecular weight is 448 g/mol. The van der Waals surface area contributed by atoms with Crippen LogP contribution in [0.15, 0.2) is 65.5 Å². The summed E-state index contributed by atoms with van der Waals surface area (Å²) in [6.07, 6.45) is 1.01. The zero-order valence-corrected chi connectivity index (χ0v) is 19.7. The van der Waals surface area contributed by atoms with Crippen molar-refractivity contribution in [2.24, 2.45) is 7.05 Å². The van der Waals surface area contributed by atoms with Crippen molar-refractivity contribution in [3.8, 4) is 5.69 Å². The zero-order chi connectivity index (χ0) is 23.4. The molecule has 1 N–H and O–H groups in total. The molecule has 174 valence electrons. The quantitative estimate of drug-likeness (QED) is 0.631. The van der Waals surface area contributed by atoms with Crippen LogP contribution in [-0.2, 0) is 18.4 Å². The maximum absolute atomic E-state index is 13.1. The van der Waals surface area contributed by atoms with Crippen molar-refractivity contribution in [3.63, 3.8) is 0 Å². The van der Waals surface area contributed by atoms with Gasteiger partial charge < -0.3 is 5.32 Å². The number of benzene rings is 2. The first kappa shape index (κ1) is 23.0. The minimum Gasteiger partial charge on any atom is -0.319 e. The van der Waals surface area contributed by atoms with Gasteiger partial charge in [-0.2, -0.15) is 0 Å². The Morgan fingerprint density at radius 3 is 2.33 bits per heavy atom. The number of nitrogens with one attached hydrogen (secondary N) is 1. The minimum atomic E-state index is -0.314. The highest BCUT2D eigenvalue weighted by atomic mass is 16.2. The first-order valence-corrected chi connectivity index (χ1v) is 11.6. The van der Waals surface area contributed by atoms with Gasteiger partial charge in [-0.3, -0.25) is 24.1 Å². The Morgan fingerprint density at radius 2 is 1.64 bits per heavy atom. The van der Waals surface area contributed by atoms with Crippen LogP contribution in [0.1, 0.15) is 24.6 Å². The fourth-order valence-corrected chi connectivity index (χ4v) is 4.48. The van der Waals surface area contributed by atoms with Crippen molar-refractivity contribution in [1.82, 2.24) is 19.2 Å². The van der Waals surface area contributed by atoms with Gasteiger partial charge >= 0.3 is 0 Å². The summed E-state index contributed by atoms with van der Waals surface area (Å²) in [5, 5.41) is 2.93. The normalized spacial score (nSPS) is 16.3. The molecule has 7 heteroatoms. The number of nitrogens with zero attached hydrogens (tertiary/aromatic N) is 4. The second kappa shape index (κ2) is 10.2. The van der Waals surface area contributed by atoms with E-state index in [4.69, 9.17) is 0 Å². The first-order valence-electron chi connectivity index (χ1n) is 11.6. The number of aromatic nitrogens is 2. The van der Waals surface area contributed by atoms with E-state index in [-0.39, 0.29) is 17.5 Å². The van der Waals surface area contributed by atoms with Crippen LogP contribution in [0.2, 0.25) is 0 Å². The van der Waals surface area contributed by atoms with Crippen LogP contribution in [0.25, 0.3) is 5.69 Å². The summed E-state index contributed by atoms with van der Waals surface area (Å²) in [7, 11) is 1.83. The molecular weight excluding hydrogens is 414 g/mol. The van der Waals surface area contributed by atoms with Crippen molar-refractivity contribution < 1.29 is 4.79 Å². The smallest absolute Gasteiger partial charge is 0.295 e. The molecule has 2 heterocycles. The molecule has 1 atom stereocenters. The number of para-hydroxylation sites is 1. The third-order valence-electron chi connectivity index (χ3n) is 6.60. The molecule has 1 amide bonds. The molecule has 33 heavy (non-hydrogen) atoms. The van der Waals surface area contributed by atoms with Gasteiger partial charge in [-0.15, -0.1) is 0 Å². The van der Waals surface area contributed by atoms with E-state index in [1.54, 1.807) is 9.36 Å². The molecule has 1 aliphatic rings. The van der Waals surface area contributed by atoms with Gasteiger partial charge in [0.05, 0.1) is 17.4 Å². The molecule has 3 aromatic rings. The van der Waals surface area contributed by atoms with Crippen LogP contribution in [-0.4, -0.2) is 57.3 Å². The second-order valence-corrected chi connectivity index (χ2v) is 8.75. The van der Waals surface area contributed by atoms with Crippen molar-refractivity contribution >= 4 is 11.6 Å². The fourth-order valence-electron chi connectivity index (χ4n) is 4.48. The number of carbonyl (C=O) groups excluding carboxylic acids is 1. The van der Waals surface area contributed by atoms with Gasteiger partial charge in [0.1, 0.15) is 5.69 Å². The molecule has 4 rings (SSSR count). The van der Waals surface area contributed by atoms with Crippen LogP contribution in [0, 0.1) is 6.92 Å². The van der Waals surface area contributed by atoms with Crippen molar-refractivity contribution in [2.75, 3.05) is 31.5 Å². The van der Waals surface area contributed by atoms with Crippen LogP contribution in [0.4, 0.5) is 5.69 Å². The summed E-state index contributed by atoms with van der Waals surface area (Å²) < 4.78 is 3.37. The molecule has 0 aliphatic carbocycles. The Bertz CT molecular complexity index is 1140. The summed E-state index contributed by atoms with van der Waals surface area (Å²) in [5.74, 6) is -0.141. The lowest BCUT2D eigenvalue weighted by atomic mass is 10.2. The second-order valence-electron chi connectivity index (χ2n) is 8.75. The van der Waals surface area contributed by atoms with E-state index in [1.165, 1.54) is 5.56 Å². The maximum Gasteiger partial charge on any atom is 0.295 e. The number of hydrogen-bond donors (Lipinski definition) is 1. The molecule has 0 saturated carbocycles. The topological polar surface area (TPSA) is 62.5 Å². The van der Waals surface area contributed by atoms with Crippen LogP contribution >= 0.6 is 0 Å². The number of anilines is 1. The van der Waals surface area contributed by atoms with Gasteiger partial charge in [0.2, 0.25) is 5.91 Å². The molecule has 2 aromatic carbocycles. The first-order chi connectivity index (χ1) is 16.0. The summed E-state index contributed by atoms with van der Waals surface area (Å²) in [4.78, 5) is 30.9. The predicted octanol–water partition coefficient (Wildman–Crippen LogP) is 3.02. The van der Waals surface area contributed by atoms with E-state index in [0.29, 0.717) is 5.69 Å². The molecule has 0 bridgehead atoms. The number of amides is 1. The van der Waals surface area contributed by atoms with E-state index < -0.39 is 0 Å². The molecule has 1 aromatic heterocycles. The Labute approximate surface area is 195 Å². The molecular formula is C26H33N5O2. The van der Waals surface area contributed by atoms with E-state index >= 15 is 0 Å². The highest BCUT2D eigenvalue weighted by molar-refractivity contribution is 5.95. The zero-order valence-electron chi connectivity index (χ0n) is 19.7. The summed E-state index contributed by atoms with van der Waals surface area (Å²) in [5.41, 5.74) is 2.94. The highest BCUT2D eigenvalue weighted by Crippen LogP contribution is 2.16. The minimum absolute atomic E-state index is 0.141. The molecule has 7 nitrogen and oxygen atoms in total. The Kier molecular flexibility index (Phi) is 7.11. The third-order valence-corrected chi connectivity index (χ3v) is 6.60. The molecule has 1 unspecified atom stereocenters. The molecule has 0 spiro atoms. The summed E-state index contributed by atoms with van der Waals surface area (Å²) in [6.45, 7) is 8.32. The summed E-state index contributed by atoms with van der Waals surface area (Å²) >= 11 is 0. The largest absolute Gasteiger partial charge is 0.319 e. The van der Waals surface area contributed by atoms with E-state index in [2.05, 4.69) is 39.4 Å². The molecule has 1 aliphatic heterocycles. The third kappa shape index (κ3) is 5.10. The van der Waals surface area contributed by atoms with Crippen molar-refractivity contribution in [3.05, 3.63) is 82.3 Å². The summed E-state index contributed by atoms with van der Waals surface area (Å²) in [6, 6.07) is 19.6. The van der Waals surface area contributed by atoms with Crippen LogP contribution in [0.3, 0.4) is 0 Å². The highest BCUT2D eigenvalue weighted by Gasteiger charge is 2.26. The fraction of sp³-hybridized carbons (Fsp3) is 0.385. The number of carbonyl (C=O) groups is 1. The molecule has 1 saturated heterocycles. The van der Waals surface area contributed by atoms with E-state index in [9.17, 15) is 9.59 Å². The van der Waals surface area contributed by atoms with Crippen LogP contribution in [0.5, 0.6) is 0 Å². The lowest BCUT2D eigenvalue weighted by Gasteiger charge is -2.26. The lowest BCUT2D eigenvalue weighted by molar-refractivity contribution is -0.120. The number of hydrogen-bond acceptors (Lipinski definition) is 4. The predicted molar refractivity (Wildman–Crippen MR) is 132 cm³/mol. The van der Waals surface area contributed by atoms with Gasteiger partial charge in [0.15, 0.2) is 0 Å². The Hall–Kier alpha value is -3.16. The van der Waals surface area contributed by atoms with Gasteiger partial charge in [-0.25, -0.2) is 4.68 Å². The lowest BCUT2D eigenvalue weighted by Crippen LogP contribution is -2.44. The van der Waals surface area contributed by atoms with Gasteiger partial charge in [-0.1, -0.05) is 48.5 Å². The Morgan fingerprint density at radius 1 is 0.970 bits per heavy atom. The molecule has 1 fully saturated rings.